The summed E-state index contributed by atoms with van der Waals surface area (Å²) in [7, 11) is 0. The minimum absolute atomic E-state index is 0.0231. The molecule has 0 saturated heterocycles. The Bertz CT molecular complexity index is 563. The molecule has 1 aromatic heterocycles. The second-order valence-corrected chi connectivity index (χ2v) is 6.23. The van der Waals surface area contributed by atoms with Crippen molar-refractivity contribution in [1.82, 2.24) is 0 Å². The van der Waals surface area contributed by atoms with Crippen molar-refractivity contribution in [3.63, 3.8) is 0 Å². The first kappa shape index (κ1) is 12.8. The zero-order valence-electron chi connectivity index (χ0n) is 10.7. The van der Waals surface area contributed by atoms with Gasteiger partial charge in [0.25, 0.3) is 0 Å². The van der Waals surface area contributed by atoms with Crippen molar-refractivity contribution in [1.29, 1.82) is 0 Å². The number of benzene rings is 1. The van der Waals surface area contributed by atoms with Gasteiger partial charge in [0.05, 0.1) is 4.88 Å². The van der Waals surface area contributed by atoms with Crippen molar-refractivity contribution < 1.29 is 9.90 Å². The fourth-order valence-electron chi connectivity index (χ4n) is 1.89. The molecule has 0 radical (unpaired) electrons. The molecule has 0 spiro atoms. The van der Waals surface area contributed by atoms with Crippen molar-refractivity contribution in [2.24, 2.45) is 0 Å². The van der Waals surface area contributed by atoms with Crippen molar-refractivity contribution in [2.75, 3.05) is 0 Å². The number of aromatic hydroxyl groups is 1. The molecule has 0 saturated carbocycles. The van der Waals surface area contributed by atoms with Crippen LogP contribution in [0.4, 0.5) is 0 Å². The van der Waals surface area contributed by atoms with Crippen LogP contribution in [0.5, 0.6) is 5.75 Å². The number of carbonyl (C=O) groups is 1. The Morgan fingerprint density at radius 1 is 1.22 bits per heavy atom. The number of phenolic OH excluding ortho intramolecular Hbond substituents is 1. The van der Waals surface area contributed by atoms with Crippen LogP contribution >= 0.6 is 11.3 Å². The molecule has 0 fully saturated rings. The molecule has 1 N–H and O–H groups in total. The van der Waals surface area contributed by atoms with E-state index in [4.69, 9.17) is 0 Å². The van der Waals surface area contributed by atoms with E-state index < -0.39 is 0 Å². The van der Waals surface area contributed by atoms with Gasteiger partial charge >= 0.3 is 0 Å². The highest BCUT2D eigenvalue weighted by Crippen LogP contribution is 2.31. The van der Waals surface area contributed by atoms with E-state index in [0.29, 0.717) is 5.56 Å². The third-order valence-corrected chi connectivity index (χ3v) is 3.67. The lowest BCUT2D eigenvalue weighted by molar-refractivity contribution is 0.104. The number of thiophene rings is 1. The molecule has 2 nitrogen and oxygen atoms in total. The van der Waals surface area contributed by atoms with E-state index in [1.54, 1.807) is 18.2 Å². The molecule has 1 aromatic carbocycles. The highest BCUT2D eigenvalue weighted by molar-refractivity contribution is 7.12. The average molecular weight is 260 g/mol. The fraction of sp³-hybridized carbons (Fsp3) is 0.267. The highest BCUT2D eigenvalue weighted by Gasteiger charge is 2.23. The molecule has 0 atom stereocenters. The SMILES string of the molecule is CC(C)(C)c1cc(O)ccc1C(=O)c1cccs1. The molecule has 1 heterocycles. The van der Waals surface area contributed by atoms with E-state index in [0.717, 1.165) is 10.4 Å². The second-order valence-electron chi connectivity index (χ2n) is 5.29. The Kier molecular flexibility index (Phi) is 3.26. The van der Waals surface area contributed by atoms with Gasteiger partial charge in [0.2, 0.25) is 5.78 Å². The molecule has 0 aliphatic carbocycles. The molecular formula is C15H16O2S. The van der Waals surface area contributed by atoms with Crippen molar-refractivity contribution in [2.45, 2.75) is 26.2 Å². The van der Waals surface area contributed by atoms with Gasteiger partial charge in [-0.15, -0.1) is 11.3 Å². The van der Waals surface area contributed by atoms with Crippen LogP contribution < -0.4 is 0 Å². The third-order valence-electron chi connectivity index (χ3n) is 2.80. The maximum absolute atomic E-state index is 12.4. The Balaban J connectivity index is 2.55. The molecular weight excluding hydrogens is 244 g/mol. The van der Waals surface area contributed by atoms with Crippen LogP contribution in [0.3, 0.4) is 0 Å². The first-order valence-electron chi connectivity index (χ1n) is 5.81. The van der Waals surface area contributed by atoms with Crippen molar-refractivity contribution >= 4 is 17.1 Å². The van der Waals surface area contributed by atoms with Crippen LogP contribution in [0, 0.1) is 0 Å². The van der Waals surface area contributed by atoms with Gasteiger partial charge in [-0.25, -0.2) is 0 Å². The standard InChI is InChI=1S/C15H16O2S/c1-15(2,3)12-9-10(16)6-7-11(12)14(17)13-5-4-8-18-13/h4-9,16H,1-3H3. The minimum Gasteiger partial charge on any atom is -0.508 e. The fourth-order valence-corrected chi connectivity index (χ4v) is 2.57. The number of phenols is 1. The lowest BCUT2D eigenvalue weighted by atomic mass is 9.82. The van der Waals surface area contributed by atoms with Crippen LogP contribution in [-0.2, 0) is 5.41 Å². The minimum atomic E-state index is -0.180. The van der Waals surface area contributed by atoms with Crippen LogP contribution in [0.25, 0.3) is 0 Å². The number of ketones is 1. The van der Waals surface area contributed by atoms with Crippen molar-refractivity contribution in [3.05, 3.63) is 51.7 Å². The molecule has 0 unspecified atom stereocenters. The van der Waals surface area contributed by atoms with Gasteiger partial charge in [-0.05, 0) is 40.6 Å². The van der Waals surface area contributed by atoms with E-state index in [9.17, 15) is 9.90 Å². The normalized spacial score (nSPS) is 11.5. The molecule has 94 valence electrons. The van der Waals surface area contributed by atoms with Crippen LogP contribution in [-0.4, -0.2) is 10.9 Å². The maximum atomic E-state index is 12.4. The summed E-state index contributed by atoms with van der Waals surface area (Å²) >= 11 is 1.44. The van der Waals surface area contributed by atoms with E-state index >= 15 is 0 Å². The summed E-state index contributed by atoms with van der Waals surface area (Å²) in [5, 5.41) is 11.5. The smallest absolute Gasteiger partial charge is 0.203 e. The predicted molar refractivity (Wildman–Crippen MR) is 74.6 cm³/mol. The van der Waals surface area contributed by atoms with Gasteiger partial charge in [-0.3, -0.25) is 4.79 Å². The maximum Gasteiger partial charge on any atom is 0.203 e. The highest BCUT2D eigenvalue weighted by atomic mass is 32.1. The molecule has 0 aliphatic heterocycles. The lowest BCUT2D eigenvalue weighted by Gasteiger charge is -2.22. The quantitative estimate of drug-likeness (QED) is 0.829. The zero-order chi connectivity index (χ0) is 13.3. The van der Waals surface area contributed by atoms with E-state index in [-0.39, 0.29) is 16.9 Å². The van der Waals surface area contributed by atoms with Crippen LogP contribution in [0.1, 0.15) is 41.6 Å². The molecule has 18 heavy (non-hydrogen) atoms. The lowest BCUT2D eigenvalue weighted by Crippen LogP contribution is -2.17. The van der Waals surface area contributed by atoms with Crippen LogP contribution in [0.2, 0.25) is 0 Å². The number of hydrogen-bond donors (Lipinski definition) is 1. The van der Waals surface area contributed by atoms with E-state index in [2.05, 4.69) is 0 Å². The molecule has 2 aromatic rings. The molecule has 2 rings (SSSR count). The van der Waals surface area contributed by atoms with Gasteiger partial charge in [0.15, 0.2) is 0 Å². The Labute approximate surface area is 111 Å². The molecule has 0 amide bonds. The number of hydrogen-bond acceptors (Lipinski definition) is 3. The monoisotopic (exact) mass is 260 g/mol. The molecule has 0 bridgehead atoms. The largest absolute Gasteiger partial charge is 0.508 e. The molecule has 0 aliphatic rings. The predicted octanol–water partition coefficient (Wildman–Crippen LogP) is 3.98. The Morgan fingerprint density at radius 3 is 2.50 bits per heavy atom. The van der Waals surface area contributed by atoms with Gasteiger partial charge in [-0.1, -0.05) is 26.8 Å². The topological polar surface area (TPSA) is 37.3 Å². The Morgan fingerprint density at radius 2 is 1.94 bits per heavy atom. The van der Waals surface area contributed by atoms with Gasteiger partial charge in [0, 0.05) is 5.56 Å². The molecule has 3 heteroatoms. The van der Waals surface area contributed by atoms with Gasteiger partial charge in [0.1, 0.15) is 5.75 Å². The second kappa shape index (κ2) is 4.58. The summed E-state index contributed by atoms with van der Waals surface area (Å²) in [6.07, 6.45) is 0. The average Bonchev–Trinajstić information content (AvgIpc) is 2.80. The Hall–Kier alpha value is -1.61. The van der Waals surface area contributed by atoms with E-state index in [1.165, 1.54) is 11.3 Å². The summed E-state index contributed by atoms with van der Waals surface area (Å²) in [5.74, 6) is 0.220. The third kappa shape index (κ3) is 2.46. The van der Waals surface area contributed by atoms with Gasteiger partial charge in [-0.2, -0.15) is 0 Å². The van der Waals surface area contributed by atoms with Gasteiger partial charge < -0.3 is 5.11 Å². The first-order chi connectivity index (χ1) is 8.39. The zero-order valence-corrected chi connectivity index (χ0v) is 11.5. The summed E-state index contributed by atoms with van der Waals surface area (Å²) in [6.45, 7) is 6.10. The van der Waals surface area contributed by atoms with E-state index in [1.807, 2.05) is 38.3 Å². The van der Waals surface area contributed by atoms with Crippen LogP contribution in [0.15, 0.2) is 35.7 Å². The summed E-state index contributed by atoms with van der Waals surface area (Å²) in [4.78, 5) is 13.1. The number of carbonyl (C=O) groups excluding carboxylic acids is 1. The summed E-state index contributed by atoms with van der Waals surface area (Å²) < 4.78 is 0. The summed E-state index contributed by atoms with van der Waals surface area (Å²) in [6, 6.07) is 8.65. The number of rotatable bonds is 2. The first-order valence-corrected chi connectivity index (χ1v) is 6.69. The summed E-state index contributed by atoms with van der Waals surface area (Å²) in [5.41, 5.74) is 1.37. The van der Waals surface area contributed by atoms with Crippen molar-refractivity contribution in [3.8, 4) is 5.75 Å².